The summed E-state index contributed by atoms with van der Waals surface area (Å²) in [4.78, 5) is 11.7. The van der Waals surface area contributed by atoms with E-state index >= 15 is 0 Å². The predicted octanol–water partition coefficient (Wildman–Crippen LogP) is 1.63. The summed E-state index contributed by atoms with van der Waals surface area (Å²) in [5.41, 5.74) is 0.915. The Morgan fingerprint density at radius 2 is 2.50 bits per heavy atom. The van der Waals surface area contributed by atoms with Gasteiger partial charge >= 0.3 is 5.97 Å². The molecule has 0 radical (unpaired) electrons. The average Bonchev–Trinajstić information content (AvgIpc) is 2.43. The van der Waals surface area contributed by atoms with Gasteiger partial charge in [-0.15, -0.1) is 11.3 Å². The van der Waals surface area contributed by atoms with E-state index in [0.29, 0.717) is 0 Å². The average molecular weight is 182 g/mol. The Hall–Kier alpha value is -1.36. The second kappa shape index (κ2) is 2.31. The van der Waals surface area contributed by atoms with Crippen LogP contribution in [0.1, 0.15) is 15.4 Å². The molecule has 2 N–H and O–H groups in total. The van der Waals surface area contributed by atoms with Gasteiger partial charge in [0.2, 0.25) is 0 Å². The monoisotopic (exact) mass is 182 g/mol. The number of fused-ring (bicyclic) bond motifs is 1. The molecule has 2 rings (SSSR count). The maximum absolute atomic E-state index is 10.6. The van der Waals surface area contributed by atoms with Gasteiger partial charge in [-0.05, 0) is 13.0 Å². The molecule has 62 valence electrons. The third-order valence-electron chi connectivity index (χ3n) is 1.56. The number of aromatic amines is 1. The van der Waals surface area contributed by atoms with Crippen molar-refractivity contribution < 1.29 is 9.90 Å². The molecule has 0 spiro atoms. The first-order chi connectivity index (χ1) is 5.68. The Balaban J connectivity index is 2.76. The lowest BCUT2D eigenvalue weighted by Gasteiger charge is -1.82. The first kappa shape index (κ1) is 7.30. The molecule has 0 aliphatic rings. The quantitative estimate of drug-likeness (QED) is 0.704. The molecule has 0 amide bonds. The molecule has 0 aromatic carbocycles. The SMILES string of the molecule is Cc1cc2[nH]nc(C(=O)O)c2s1. The summed E-state index contributed by atoms with van der Waals surface area (Å²) >= 11 is 1.44. The molecule has 5 heteroatoms. The smallest absolute Gasteiger partial charge is 0.357 e. The standard InChI is InChI=1S/C7H6N2O2S/c1-3-2-4-6(12-3)5(7(10)11)9-8-4/h2H,1H3,(H,8,9)(H,10,11). The molecule has 0 unspecified atom stereocenters. The van der Waals surface area contributed by atoms with Gasteiger partial charge in [-0.25, -0.2) is 4.79 Å². The van der Waals surface area contributed by atoms with E-state index in [4.69, 9.17) is 5.11 Å². The second-order valence-electron chi connectivity index (χ2n) is 2.48. The molecular weight excluding hydrogens is 176 g/mol. The fourth-order valence-electron chi connectivity index (χ4n) is 1.09. The van der Waals surface area contributed by atoms with Gasteiger partial charge < -0.3 is 5.11 Å². The third-order valence-corrected chi connectivity index (χ3v) is 2.62. The van der Waals surface area contributed by atoms with E-state index in [9.17, 15) is 4.79 Å². The van der Waals surface area contributed by atoms with Crippen LogP contribution in [0.5, 0.6) is 0 Å². The van der Waals surface area contributed by atoms with Crippen molar-refractivity contribution in [3.8, 4) is 0 Å². The number of nitrogens with zero attached hydrogens (tertiary/aromatic N) is 1. The van der Waals surface area contributed by atoms with E-state index in [2.05, 4.69) is 10.2 Å². The number of aromatic carboxylic acids is 1. The van der Waals surface area contributed by atoms with Gasteiger partial charge in [-0.1, -0.05) is 0 Å². The van der Waals surface area contributed by atoms with Gasteiger partial charge in [0, 0.05) is 4.88 Å². The molecule has 0 aliphatic heterocycles. The number of aromatic nitrogens is 2. The van der Waals surface area contributed by atoms with Gasteiger partial charge in [-0.2, -0.15) is 5.10 Å². The first-order valence-electron chi connectivity index (χ1n) is 3.36. The number of H-pyrrole nitrogens is 1. The third kappa shape index (κ3) is 0.902. The highest BCUT2D eigenvalue weighted by atomic mass is 32.1. The molecule has 2 heterocycles. The van der Waals surface area contributed by atoms with Crippen LogP contribution in [0.2, 0.25) is 0 Å². The summed E-state index contributed by atoms with van der Waals surface area (Å²) < 4.78 is 0.722. The van der Waals surface area contributed by atoms with Gasteiger partial charge in [-0.3, -0.25) is 5.10 Å². The maximum atomic E-state index is 10.6. The van der Waals surface area contributed by atoms with E-state index in [-0.39, 0.29) is 5.69 Å². The summed E-state index contributed by atoms with van der Waals surface area (Å²) in [6, 6.07) is 1.89. The van der Waals surface area contributed by atoms with Crippen LogP contribution >= 0.6 is 11.3 Å². The molecule has 0 saturated heterocycles. The van der Waals surface area contributed by atoms with Crippen molar-refractivity contribution in [1.82, 2.24) is 10.2 Å². The zero-order valence-corrected chi connectivity index (χ0v) is 7.10. The van der Waals surface area contributed by atoms with Crippen LogP contribution in [0, 0.1) is 6.92 Å². The summed E-state index contributed by atoms with van der Waals surface area (Å²) in [7, 11) is 0. The van der Waals surface area contributed by atoms with Gasteiger partial charge in [0.15, 0.2) is 5.69 Å². The predicted molar refractivity (Wildman–Crippen MR) is 45.7 cm³/mol. The number of rotatable bonds is 1. The van der Waals surface area contributed by atoms with Crippen molar-refractivity contribution in [1.29, 1.82) is 0 Å². The van der Waals surface area contributed by atoms with Crippen LogP contribution in [0.25, 0.3) is 10.2 Å². The van der Waals surface area contributed by atoms with Crippen molar-refractivity contribution in [3.05, 3.63) is 16.6 Å². The van der Waals surface area contributed by atoms with E-state index in [0.717, 1.165) is 15.1 Å². The summed E-state index contributed by atoms with van der Waals surface area (Å²) in [6.45, 7) is 1.93. The number of carboxylic acids is 1. The van der Waals surface area contributed by atoms with Crippen LogP contribution in [0.3, 0.4) is 0 Å². The fourth-order valence-corrected chi connectivity index (χ4v) is 2.03. The van der Waals surface area contributed by atoms with Crippen LogP contribution in [0.4, 0.5) is 0 Å². The minimum Gasteiger partial charge on any atom is -0.476 e. The van der Waals surface area contributed by atoms with Gasteiger partial charge in [0.1, 0.15) is 0 Å². The largest absolute Gasteiger partial charge is 0.476 e. The van der Waals surface area contributed by atoms with Crippen LogP contribution in [-0.4, -0.2) is 21.3 Å². The van der Waals surface area contributed by atoms with Crippen molar-refractivity contribution in [2.75, 3.05) is 0 Å². The van der Waals surface area contributed by atoms with Gasteiger partial charge in [0.05, 0.1) is 10.2 Å². The second-order valence-corrected chi connectivity index (χ2v) is 3.73. The molecule has 0 aliphatic carbocycles. The van der Waals surface area contributed by atoms with Crippen molar-refractivity contribution in [2.24, 2.45) is 0 Å². The summed E-state index contributed by atoms with van der Waals surface area (Å²) in [6.07, 6.45) is 0. The number of carboxylic acid groups (broad SMARTS) is 1. The Bertz CT molecular complexity index is 443. The maximum Gasteiger partial charge on any atom is 0.357 e. The minimum absolute atomic E-state index is 0.114. The molecular formula is C7H6N2O2S. The van der Waals surface area contributed by atoms with Crippen LogP contribution < -0.4 is 0 Å². The Kier molecular flexibility index (Phi) is 1.41. The molecule has 0 fully saturated rings. The number of aryl methyl sites for hydroxylation is 1. The lowest BCUT2D eigenvalue weighted by molar-refractivity contribution is 0.0693. The number of hydrogen-bond acceptors (Lipinski definition) is 3. The zero-order chi connectivity index (χ0) is 8.72. The fraction of sp³-hybridized carbons (Fsp3) is 0.143. The van der Waals surface area contributed by atoms with Crippen LogP contribution in [-0.2, 0) is 0 Å². The van der Waals surface area contributed by atoms with Crippen molar-refractivity contribution in [3.63, 3.8) is 0 Å². The number of carbonyl (C=O) groups is 1. The Labute approximate surface area is 71.8 Å². The topological polar surface area (TPSA) is 66.0 Å². The van der Waals surface area contributed by atoms with E-state index < -0.39 is 5.97 Å². The minimum atomic E-state index is -0.983. The molecule has 0 bridgehead atoms. The van der Waals surface area contributed by atoms with Crippen molar-refractivity contribution >= 4 is 27.5 Å². The van der Waals surface area contributed by atoms with Gasteiger partial charge in [0.25, 0.3) is 0 Å². The normalized spacial score (nSPS) is 10.8. The molecule has 4 nitrogen and oxygen atoms in total. The highest BCUT2D eigenvalue weighted by molar-refractivity contribution is 7.19. The highest BCUT2D eigenvalue weighted by Gasteiger charge is 2.14. The van der Waals surface area contributed by atoms with Crippen LogP contribution in [0.15, 0.2) is 6.07 Å². The zero-order valence-electron chi connectivity index (χ0n) is 6.29. The first-order valence-corrected chi connectivity index (χ1v) is 4.18. The van der Waals surface area contributed by atoms with Crippen molar-refractivity contribution in [2.45, 2.75) is 6.92 Å². The molecule has 0 atom stereocenters. The van der Waals surface area contributed by atoms with E-state index in [1.807, 2.05) is 13.0 Å². The lowest BCUT2D eigenvalue weighted by atomic mass is 10.4. The number of thiophene rings is 1. The summed E-state index contributed by atoms with van der Waals surface area (Å²) in [5, 5.41) is 15.1. The van der Waals surface area contributed by atoms with E-state index in [1.54, 1.807) is 0 Å². The Morgan fingerprint density at radius 3 is 3.17 bits per heavy atom. The number of nitrogens with one attached hydrogen (secondary N) is 1. The summed E-state index contributed by atoms with van der Waals surface area (Å²) in [5.74, 6) is -0.983. The molecule has 12 heavy (non-hydrogen) atoms. The Morgan fingerprint density at radius 1 is 1.75 bits per heavy atom. The lowest BCUT2D eigenvalue weighted by Crippen LogP contribution is -1.95. The highest BCUT2D eigenvalue weighted by Crippen LogP contribution is 2.25. The number of hydrogen-bond donors (Lipinski definition) is 2. The molecule has 2 aromatic heterocycles. The molecule has 2 aromatic rings. The molecule has 0 saturated carbocycles. The van der Waals surface area contributed by atoms with E-state index in [1.165, 1.54) is 11.3 Å².